The third-order valence-corrected chi connectivity index (χ3v) is 3.74. The van der Waals surface area contributed by atoms with E-state index in [0.717, 1.165) is 25.9 Å². The van der Waals surface area contributed by atoms with Gasteiger partial charge in [-0.3, -0.25) is 10.2 Å². The number of fused-ring (bicyclic) bond motifs is 1. The van der Waals surface area contributed by atoms with Crippen molar-refractivity contribution in [2.45, 2.75) is 37.3 Å². The van der Waals surface area contributed by atoms with Gasteiger partial charge in [-0.05, 0) is 25.8 Å². The smallest absolute Gasteiger partial charge is 0.123 e. The molecular weight excluding hydrogens is 186 g/mol. The van der Waals surface area contributed by atoms with Crippen LogP contribution in [-0.2, 0) is 0 Å². The molecule has 2 rings (SSSR count). The Balaban J connectivity index is 2.11. The topological polar surface area (TPSA) is 39.1 Å². The Hall–Kier alpha value is -0.850. The van der Waals surface area contributed by atoms with E-state index in [-0.39, 0.29) is 5.54 Å². The molecule has 0 aromatic rings. The van der Waals surface area contributed by atoms with Crippen molar-refractivity contribution in [3.63, 3.8) is 0 Å². The van der Waals surface area contributed by atoms with E-state index in [0.29, 0.717) is 6.04 Å². The lowest BCUT2D eigenvalue weighted by molar-refractivity contribution is 0.162. The summed E-state index contributed by atoms with van der Waals surface area (Å²) in [4.78, 5) is 2.48. The third-order valence-electron chi connectivity index (χ3n) is 3.74. The van der Waals surface area contributed by atoms with Gasteiger partial charge in [0.05, 0.1) is 6.07 Å². The summed E-state index contributed by atoms with van der Waals surface area (Å²) in [6.07, 6.45) is 6.52. The summed E-state index contributed by atoms with van der Waals surface area (Å²) in [5, 5.41) is 12.8. The molecule has 0 radical (unpaired) electrons. The van der Waals surface area contributed by atoms with Crippen LogP contribution < -0.4 is 5.32 Å². The quantitative estimate of drug-likeness (QED) is 0.705. The molecule has 82 valence electrons. The van der Waals surface area contributed by atoms with Crippen LogP contribution >= 0.6 is 0 Å². The highest BCUT2D eigenvalue weighted by Gasteiger charge is 2.47. The van der Waals surface area contributed by atoms with Crippen molar-refractivity contribution in [3.05, 3.63) is 12.7 Å². The van der Waals surface area contributed by atoms with Gasteiger partial charge in [0.2, 0.25) is 0 Å². The summed E-state index contributed by atoms with van der Waals surface area (Å²) in [6.45, 7) is 6.68. The molecule has 0 bridgehead atoms. The van der Waals surface area contributed by atoms with E-state index in [1.807, 2.05) is 6.08 Å². The Bertz CT molecular complexity index is 281. The number of hydrogen-bond donors (Lipinski definition) is 1. The van der Waals surface area contributed by atoms with Gasteiger partial charge in [0.25, 0.3) is 0 Å². The monoisotopic (exact) mass is 205 g/mol. The molecule has 2 aliphatic heterocycles. The van der Waals surface area contributed by atoms with E-state index in [9.17, 15) is 5.26 Å². The summed E-state index contributed by atoms with van der Waals surface area (Å²) >= 11 is 0. The van der Waals surface area contributed by atoms with Crippen molar-refractivity contribution in [1.29, 1.82) is 5.26 Å². The van der Waals surface area contributed by atoms with E-state index in [4.69, 9.17) is 0 Å². The predicted molar refractivity (Wildman–Crippen MR) is 60.4 cm³/mol. The molecule has 0 aromatic carbocycles. The maximum atomic E-state index is 9.41. The summed E-state index contributed by atoms with van der Waals surface area (Å²) < 4.78 is 0. The zero-order chi connectivity index (χ0) is 10.7. The fourth-order valence-corrected chi connectivity index (χ4v) is 2.93. The first-order chi connectivity index (χ1) is 7.32. The Morgan fingerprint density at radius 3 is 3.13 bits per heavy atom. The standard InChI is InChI=1S/C12H19N3/c1-2-7-14-12(10-13)6-9-15-8-4-3-5-11(12)15/h2,11,14H,1,3-9H2. The zero-order valence-electron chi connectivity index (χ0n) is 9.21. The molecule has 2 aliphatic rings. The zero-order valence-corrected chi connectivity index (χ0v) is 9.21. The van der Waals surface area contributed by atoms with Crippen molar-refractivity contribution < 1.29 is 0 Å². The average Bonchev–Trinajstić information content (AvgIpc) is 2.66. The first-order valence-electron chi connectivity index (χ1n) is 5.83. The average molecular weight is 205 g/mol. The Morgan fingerprint density at radius 1 is 1.53 bits per heavy atom. The number of rotatable bonds is 3. The normalized spacial score (nSPS) is 35.8. The number of hydrogen-bond acceptors (Lipinski definition) is 3. The van der Waals surface area contributed by atoms with E-state index in [1.54, 1.807) is 0 Å². The number of piperidine rings is 1. The van der Waals surface area contributed by atoms with Crippen molar-refractivity contribution in [1.82, 2.24) is 10.2 Å². The molecule has 0 saturated carbocycles. The van der Waals surface area contributed by atoms with Crippen LogP contribution in [0.2, 0.25) is 0 Å². The molecule has 2 fully saturated rings. The van der Waals surface area contributed by atoms with Gasteiger partial charge in [-0.1, -0.05) is 12.5 Å². The Kier molecular flexibility index (Phi) is 3.08. The molecule has 0 spiro atoms. The van der Waals surface area contributed by atoms with E-state index in [1.165, 1.54) is 19.4 Å². The molecule has 2 unspecified atom stereocenters. The minimum Gasteiger partial charge on any atom is -0.297 e. The second kappa shape index (κ2) is 4.34. The van der Waals surface area contributed by atoms with Crippen molar-refractivity contribution in [3.8, 4) is 6.07 Å². The summed E-state index contributed by atoms with van der Waals surface area (Å²) in [5.41, 5.74) is -0.311. The molecule has 3 heteroatoms. The van der Waals surface area contributed by atoms with Crippen molar-refractivity contribution in [2.24, 2.45) is 0 Å². The number of nitriles is 1. The summed E-state index contributed by atoms with van der Waals surface area (Å²) in [5.74, 6) is 0. The van der Waals surface area contributed by atoms with Crippen LogP contribution in [0.4, 0.5) is 0 Å². The van der Waals surface area contributed by atoms with Crippen LogP contribution in [0.15, 0.2) is 12.7 Å². The lowest BCUT2D eigenvalue weighted by Crippen LogP contribution is -2.55. The van der Waals surface area contributed by atoms with Crippen LogP contribution in [0, 0.1) is 11.3 Å². The predicted octanol–water partition coefficient (Wildman–Crippen LogP) is 1.28. The van der Waals surface area contributed by atoms with Crippen molar-refractivity contribution in [2.75, 3.05) is 19.6 Å². The molecule has 2 atom stereocenters. The van der Waals surface area contributed by atoms with Crippen LogP contribution in [0.1, 0.15) is 25.7 Å². The SMILES string of the molecule is C=CCNC1(C#N)CCN2CCCCC21. The van der Waals surface area contributed by atoms with Gasteiger partial charge < -0.3 is 0 Å². The lowest BCUT2D eigenvalue weighted by Gasteiger charge is -2.36. The molecule has 0 amide bonds. The lowest BCUT2D eigenvalue weighted by atomic mass is 9.86. The van der Waals surface area contributed by atoms with Gasteiger partial charge in [-0.2, -0.15) is 5.26 Å². The van der Waals surface area contributed by atoms with Gasteiger partial charge in [0.15, 0.2) is 0 Å². The highest BCUT2D eigenvalue weighted by molar-refractivity contribution is 5.19. The molecule has 2 saturated heterocycles. The maximum Gasteiger partial charge on any atom is 0.123 e. The van der Waals surface area contributed by atoms with Gasteiger partial charge in [-0.15, -0.1) is 6.58 Å². The van der Waals surface area contributed by atoms with Crippen LogP contribution in [-0.4, -0.2) is 36.1 Å². The second-order valence-corrected chi connectivity index (χ2v) is 4.55. The Labute approximate surface area is 91.8 Å². The van der Waals surface area contributed by atoms with Crippen LogP contribution in [0.5, 0.6) is 0 Å². The van der Waals surface area contributed by atoms with Crippen molar-refractivity contribution >= 4 is 0 Å². The first kappa shape index (κ1) is 10.7. The molecule has 0 aliphatic carbocycles. The van der Waals surface area contributed by atoms with Gasteiger partial charge in [0.1, 0.15) is 5.54 Å². The Morgan fingerprint density at radius 2 is 2.40 bits per heavy atom. The highest BCUT2D eigenvalue weighted by atomic mass is 15.2. The molecule has 3 nitrogen and oxygen atoms in total. The maximum absolute atomic E-state index is 9.41. The number of nitrogens with one attached hydrogen (secondary N) is 1. The molecular formula is C12H19N3. The third kappa shape index (κ3) is 1.80. The van der Waals surface area contributed by atoms with Gasteiger partial charge in [-0.25, -0.2) is 0 Å². The molecule has 1 N–H and O–H groups in total. The highest BCUT2D eigenvalue weighted by Crippen LogP contribution is 2.34. The fraction of sp³-hybridized carbons (Fsp3) is 0.750. The van der Waals surface area contributed by atoms with Gasteiger partial charge >= 0.3 is 0 Å². The largest absolute Gasteiger partial charge is 0.297 e. The second-order valence-electron chi connectivity index (χ2n) is 4.55. The molecule has 2 heterocycles. The van der Waals surface area contributed by atoms with Crippen LogP contribution in [0.3, 0.4) is 0 Å². The summed E-state index contributed by atoms with van der Waals surface area (Å²) in [6, 6.07) is 2.94. The molecule has 0 aromatic heterocycles. The minimum absolute atomic E-state index is 0.311. The first-order valence-corrected chi connectivity index (χ1v) is 5.83. The fourth-order valence-electron chi connectivity index (χ4n) is 2.93. The van der Waals surface area contributed by atoms with E-state index < -0.39 is 0 Å². The van der Waals surface area contributed by atoms with Crippen LogP contribution in [0.25, 0.3) is 0 Å². The van der Waals surface area contributed by atoms with E-state index in [2.05, 4.69) is 22.9 Å². The molecule has 15 heavy (non-hydrogen) atoms. The summed E-state index contributed by atoms with van der Waals surface area (Å²) in [7, 11) is 0. The minimum atomic E-state index is -0.311. The van der Waals surface area contributed by atoms with Gasteiger partial charge in [0, 0.05) is 19.1 Å². The van der Waals surface area contributed by atoms with E-state index >= 15 is 0 Å². The number of nitrogens with zero attached hydrogens (tertiary/aromatic N) is 2.